The number of hydrogen-bond donors (Lipinski definition) is 14. The first-order chi connectivity index (χ1) is 36.1. The van der Waals surface area contributed by atoms with Crippen LogP contribution in [-0.2, 0) is 65.6 Å². The maximum Gasteiger partial charge on any atom is 0.246 e. The van der Waals surface area contributed by atoms with Crippen molar-refractivity contribution in [1.29, 1.82) is 0 Å². The molecule has 8 atom stereocenters. The van der Waals surface area contributed by atoms with Crippen LogP contribution in [-0.4, -0.2) is 166 Å². The van der Waals surface area contributed by atoms with Gasteiger partial charge in [0.15, 0.2) is 5.96 Å². The number of phenolic OH excluding ortho intramolecular Hbond substituents is 1. The predicted octanol–water partition coefficient (Wildman–Crippen LogP) is -5.36. The number of aliphatic imine (C=N–C) groups is 1. The maximum absolute atomic E-state index is 14.6. The van der Waals surface area contributed by atoms with Gasteiger partial charge in [-0.2, -0.15) is 0 Å². The molecule has 2 aromatic carbocycles. The molecule has 2 saturated heterocycles. The number of aromatic hydroxyl groups is 1. The summed E-state index contributed by atoms with van der Waals surface area (Å²) in [7, 11) is 0. The number of rotatable bonds is 19. The Morgan fingerprint density at radius 1 is 0.711 bits per heavy atom. The van der Waals surface area contributed by atoms with E-state index in [0.717, 1.165) is 11.8 Å². The molecule has 29 heteroatoms. The molecule has 0 spiro atoms. The molecule has 27 nitrogen and oxygen atoms in total. The summed E-state index contributed by atoms with van der Waals surface area (Å²) >= 11 is 2.29. The molecule has 0 aliphatic carbocycles. The molecule has 2 aromatic rings. The number of nitrogens with zero attached hydrogens (tertiary/aromatic N) is 2. The first kappa shape index (κ1) is 60.9. The SMILES string of the molecule is NC(=O)CC[C@@H]1NC(=O)[C@H](Cc2ccccc2)NC(=O)C(Cc2ccc(O)cc2)NC(=O)[C@@H](N)CSCSC[C@@H](C(=O)N2CCC[C@H]2C(=O)N[C@@H](CCCN=C(N)N)C(=O)NCC(N)=O)NC(=O)[C@H](CC(N)=O)NC1=O. The minimum Gasteiger partial charge on any atom is -0.508 e. The van der Waals surface area contributed by atoms with Gasteiger partial charge < -0.3 is 81.6 Å². The highest BCUT2D eigenvalue weighted by atomic mass is 32.2. The average molecular weight is 1100 g/mol. The van der Waals surface area contributed by atoms with Crippen molar-refractivity contribution in [2.75, 3.05) is 36.2 Å². The van der Waals surface area contributed by atoms with E-state index < -0.39 is 139 Å². The van der Waals surface area contributed by atoms with Gasteiger partial charge in [0.2, 0.25) is 65.0 Å². The molecule has 2 aliphatic rings. The highest BCUT2D eigenvalue weighted by Crippen LogP contribution is 2.22. The lowest BCUT2D eigenvalue weighted by Gasteiger charge is -2.31. The summed E-state index contributed by atoms with van der Waals surface area (Å²) in [6.45, 7) is -0.410. The van der Waals surface area contributed by atoms with Crippen LogP contribution in [0.5, 0.6) is 5.75 Å². The number of guanidine groups is 1. The molecule has 4 rings (SSSR count). The zero-order valence-corrected chi connectivity index (χ0v) is 43.2. The van der Waals surface area contributed by atoms with Crippen LogP contribution in [0.2, 0.25) is 0 Å². The Morgan fingerprint density at radius 2 is 1.29 bits per heavy atom. The average Bonchev–Trinajstić information content (AvgIpc) is 3.87. The summed E-state index contributed by atoms with van der Waals surface area (Å²) in [5.74, 6) is -10.1. The molecular formula is C47H67N15O12S2. The molecule has 414 valence electrons. The van der Waals surface area contributed by atoms with Crippen molar-refractivity contribution in [1.82, 2.24) is 42.1 Å². The number of primary amides is 3. The lowest BCUT2D eigenvalue weighted by Crippen LogP contribution is -2.61. The minimum atomic E-state index is -1.78. The largest absolute Gasteiger partial charge is 0.508 e. The van der Waals surface area contributed by atoms with Gasteiger partial charge in [-0.1, -0.05) is 42.5 Å². The molecule has 11 amide bonds. The zero-order valence-electron chi connectivity index (χ0n) is 41.5. The van der Waals surface area contributed by atoms with Crippen LogP contribution in [0.4, 0.5) is 0 Å². The predicted molar refractivity (Wildman–Crippen MR) is 280 cm³/mol. The van der Waals surface area contributed by atoms with E-state index in [2.05, 4.69) is 42.2 Å². The highest BCUT2D eigenvalue weighted by Gasteiger charge is 2.40. The van der Waals surface area contributed by atoms with Crippen LogP contribution in [0.1, 0.15) is 56.1 Å². The van der Waals surface area contributed by atoms with E-state index >= 15 is 0 Å². The molecule has 76 heavy (non-hydrogen) atoms. The zero-order chi connectivity index (χ0) is 55.9. The first-order valence-electron chi connectivity index (χ1n) is 24.1. The van der Waals surface area contributed by atoms with Crippen LogP contribution < -0.4 is 71.6 Å². The van der Waals surface area contributed by atoms with E-state index in [1.807, 2.05) is 0 Å². The molecule has 1 unspecified atom stereocenters. The van der Waals surface area contributed by atoms with Gasteiger partial charge >= 0.3 is 0 Å². The summed E-state index contributed by atoms with van der Waals surface area (Å²) in [5.41, 5.74) is 34.5. The molecule has 2 aliphatic heterocycles. The summed E-state index contributed by atoms with van der Waals surface area (Å²) in [4.78, 5) is 153. The van der Waals surface area contributed by atoms with Crippen molar-refractivity contribution < 1.29 is 57.8 Å². The van der Waals surface area contributed by atoms with Gasteiger partial charge in [0.25, 0.3) is 0 Å². The highest BCUT2D eigenvalue weighted by molar-refractivity contribution is 8.16. The molecule has 0 saturated carbocycles. The monoisotopic (exact) mass is 1100 g/mol. The number of benzene rings is 2. The second kappa shape index (κ2) is 30.6. The van der Waals surface area contributed by atoms with E-state index in [1.165, 1.54) is 40.9 Å². The molecule has 2 fully saturated rings. The van der Waals surface area contributed by atoms with Gasteiger partial charge in [-0.05, 0) is 55.4 Å². The molecule has 0 bridgehead atoms. The summed E-state index contributed by atoms with van der Waals surface area (Å²) in [6.07, 6.45) is -1.31. The van der Waals surface area contributed by atoms with Crippen molar-refractivity contribution in [3.63, 3.8) is 0 Å². The third-order valence-electron chi connectivity index (χ3n) is 11.8. The maximum atomic E-state index is 14.6. The number of hydrogen-bond acceptors (Lipinski definition) is 16. The second-order valence-corrected chi connectivity index (χ2v) is 20.3. The van der Waals surface area contributed by atoms with Crippen LogP contribution in [0.3, 0.4) is 0 Å². The van der Waals surface area contributed by atoms with E-state index in [-0.39, 0.29) is 73.5 Å². The fourth-order valence-electron chi connectivity index (χ4n) is 7.96. The Kier molecular flexibility index (Phi) is 24.6. The summed E-state index contributed by atoms with van der Waals surface area (Å²) < 4.78 is 0. The molecule has 2 heterocycles. The summed E-state index contributed by atoms with van der Waals surface area (Å²) in [6, 6.07) is 3.05. The normalized spacial score (nSPS) is 22.6. The van der Waals surface area contributed by atoms with Crippen LogP contribution >= 0.6 is 23.5 Å². The Hall–Kier alpha value is -7.66. The van der Waals surface area contributed by atoms with Gasteiger partial charge in [-0.25, -0.2) is 0 Å². The standard InChI is InChI=1S/C47H67N15O12S2/c48-28-22-75-24-76-23-34(46(74)62-17-5-9-35(62)45(73)57-29(8-4-16-54-47(52)53)40(68)55-21-38(51)66)61-44(72)33(20-37(50)65)60-41(69)30(14-15-36(49)64)56-42(70)32(18-25-6-2-1-3-7-25)59-43(71)31(58-39(28)67)19-26-10-12-27(63)13-11-26/h1-3,6-7,10-13,28-35,63H,4-5,8-9,14-24,48H2,(H2,49,64)(H2,50,65)(H2,51,66)(H,55,68)(H,56,70)(H,57,73)(H,58,67)(H,59,71)(H,60,69)(H,61,72)(H4,52,53,54)/t28-,29-,30-,31?,32-,33-,34-,35-/m0/s1. The molecule has 0 radical (unpaired) electrons. The Bertz CT molecular complexity index is 2430. The van der Waals surface area contributed by atoms with Crippen molar-refractivity contribution in [3.8, 4) is 5.75 Å². The smallest absolute Gasteiger partial charge is 0.246 e. The van der Waals surface area contributed by atoms with Gasteiger partial charge in [0.05, 0.1) is 19.0 Å². The fraction of sp³-hybridized carbons (Fsp3) is 0.489. The van der Waals surface area contributed by atoms with E-state index in [1.54, 1.807) is 30.3 Å². The second-order valence-electron chi connectivity index (χ2n) is 17.9. The number of carbonyl (C=O) groups is 11. The Labute approximate surface area is 446 Å². The fourth-order valence-corrected chi connectivity index (χ4v) is 10.1. The van der Waals surface area contributed by atoms with Gasteiger partial charge in [-0.15, -0.1) is 23.5 Å². The van der Waals surface area contributed by atoms with Gasteiger partial charge in [0.1, 0.15) is 48.0 Å². The van der Waals surface area contributed by atoms with Crippen molar-refractivity contribution in [2.24, 2.45) is 39.4 Å². The van der Waals surface area contributed by atoms with Crippen molar-refractivity contribution in [3.05, 3.63) is 65.7 Å². The quantitative estimate of drug-likeness (QED) is 0.0355. The number of nitrogens with two attached hydrogens (primary N) is 6. The first-order valence-corrected chi connectivity index (χ1v) is 26.5. The summed E-state index contributed by atoms with van der Waals surface area (Å²) in [5, 5.41) is 27.9. The van der Waals surface area contributed by atoms with Crippen LogP contribution in [0, 0.1) is 0 Å². The number of likely N-dealkylation sites (tertiary alicyclic amines) is 1. The number of thioether (sulfide) groups is 2. The Morgan fingerprint density at radius 3 is 1.91 bits per heavy atom. The van der Waals surface area contributed by atoms with Crippen molar-refractivity contribution in [2.45, 2.75) is 106 Å². The molecule has 0 aromatic heterocycles. The van der Waals surface area contributed by atoms with Crippen LogP contribution in [0.25, 0.3) is 0 Å². The number of phenols is 1. The van der Waals surface area contributed by atoms with Crippen molar-refractivity contribution >= 4 is 94.5 Å². The van der Waals surface area contributed by atoms with E-state index in [9.17, 15) is 57.8 Å². The minimum absolute atomic E-state index is 0.00961. The van der Waals surface area contributed by atoms with Gasteiger partial charge in [0, 0.05) is 48.9 Å². The molecule has 20 N–H and O–H groups in total. The molecular weight excluding hydrogens is 1030 g/mol. The lowest BCUT2D eigenvalue weighted by molar-refractivity contribution is -0.142. The Balaban J connectivity index is 1.70. The van der Waals surface area contributed by atoms with E-state index in [4.69, 9.17) is 34.4 Å². The third kappa shape index (κ3) is 20.6. The van der Waals surface area contributed by atoms with Gasteiger partial charge in [-0.3, -0.25) is 57.7 Å². The number of amides is 11. The third-order valence-corrected chi connectivity index (χ3v) is 14.3. The number of nitrogens with one attached hydrogen (secondary N) is 7. The van der Waals surface area contributed by atoms with E-state index in [0.29, 0.717) is 17.5 Å². The van der Waals surface area contributed by atoms with Crippen LogP contribution in [0.15, 0.2) is 59.6 Å². The lowest BCUT2D eigenvalue weighted by atomic mass is 10.0. The number of carbonyl (C=O) groups excluding carboxylic acids is 11. The topological polar surface area (TPSA) is 464 Å².